The number of rotatable bonds is 7. The summed E-state index contributed by atoms with van der Waals surface area (Å²) in [4.78, 5) is 13.1. The summed E-state index contributed by atoms with van der Waals surface area (Å²) >= 11 is 9.80. The number of aliphatic carboxylic acids is 1. The van der Waals surface area contributed by atoms with E-state index in [1.807, 2.05) is 31.3 Å². The predicted molar refractivity (Wildman–Crippen MR) is 121 cm³/mol. The number of halogens is 3. The van der Waals surface area contributed by atoms with Crippen molar-refractivity contribution in [2.24, 2.45) is 5.92 Å². The Morgan fingerprint density at radius 3 is 2.63 bits per heavy atom. The molecule has 0 atom stereocenters. The van der Waals surface area contributed by atoms with E-state index >= 15 is 4.39 Å². The van der Waals surface area contributed by atoms with E-state index in [9.17, 15) is 4.79 Å². The van der Waals surface area contributed by atoms with Crippen LogP contribution in [0.2, 0.25) is 5.02 Å². The molecule has 4 nitrogen and oxygen atoms in total. The number of nitrogens with zero attached hydrogens (tertiary/aromatic N) is 1. The van der Waals surface area contributed by atoms with Gasteiger partial charge in [-0.15, -0.1) is 0 Å². The fourth-order valence-electron chi connectivity index (χ4n) is 4.24. The van der Waals surface area contributed by atoms with Gasteiger partial charge in [0.1, 0.15) is 11.6 Å². The first kappa shape index (κ1) is 23.0. The van der Waals surface area contributed by atoms with Crippen molar-refractivity contribution < 1.29 is 19.0 Å². The molecule has 1 N–H and O–H groups in total. The number of methoxy groups -OCH3 is 1. The van der Waals surface area contributed by atoms with Gasteiger partial charge in [0.2, 0.25) is 0 Å². The minimum Gasteiger partial charge on any atom is -0.496 e. The summed E-state index contributed by atoms with van der Waals surface area (Å²) in [6.45, 7) is 0.426. The van der Waals surface area contributed by atoms with Crippen LogP contribution in [0.1, 0.15) is 37.7 Å². The van der Waals surface area contributed by atoms with Crippen molar-refractivity contribution in [3.8, 4) is 16.9 Å². The number of ether oxygens (including phenoxy) is 1. The molecule has 0 aliphatic heterocycles. The zero-order chi connectivity index (χ0) is 21.8. The second-order valence-corrected chi connectivity index (χ2v) is 9.16. The summed E-state index contributed by atoms with van der Waals surface area (Å²) in [5.74, 6) is -0.323. The molecular weight excluding hydrogens is 473 g/mol. The third-order valence-corrected chi connectivity index (χ3v) is 7.24. The van der Waals surface area contributed by atoms with E-state index in [4.69, 9.17) is 21.4 Å². The number of hydrogen-bond acceptors (Lipinski definition) is 3. The van der Waals surface area contributed by atoms with Crippen molar-refractivity contribution in [2.75, 3.05) is 14.2 Å². The Hall–Kier alpha value is -1.63. The molecule has 0 amide bonds. The maximum absolute atomic E-state index is 15.1. The average Bonchev–Trinajstić information content (AvgIpc) is 2.71. The number of carboxylic acids is 1. The molecule has 1 fully saturated rings. The molecule has 3 rings (SSSR count). The van der Waals surface area contributed by atoms with Crippen LogP contribution in [0.4, 0.5) is 4.39 Å². The van der Waals surface area contributed by atoms with Crippen LogP contribution in [-0.2, 0) is 11.3 Å². The van der Waals surface area contributed by atoms with Crippen LogP contribution in [-0.4, -0.2) is 36.2 Å². The minimum atomic E-state index is -0.732. The minimum absolute atomic E-state index is 0.235. The van der Waals surface area contributed by atoms with Crippen molar-refractivity contribution in [1.82, 2.24) is 4.90 Å². The van der Waals surface area contributed by atoms with Crippen LogP contribution < -0.4 is 4.74 Å². The number of carbonyl (C=O) groups is 1. The Morgan fingerprint density at radius 1 is 1.30 bits per heavy atom. The van der Waals surface area contributed by atoms with Gasteiger partial charge in [-0.3, -0.25) is 9.69 Å². The second-order valence-electron chi connectivity index (χ2n) is 7.93. The van der Waals surface area contributed by atoms with E-state index in [1.165, 1.54) is 6.07 Å². The van der Waals surface area contributed by atoms with E-state index in [0.29, 0.717) is 34.5 Å². The molecule has 0 aromatic heterocycles. The molecule has 0 spiro atoms. The topological polar surface area (TPSA) is 49.8 Å². The Kier molecular flexibility index (Phi) is 7.77. The highest BCUT2D eigenvalue weighted by atomic mass is 79.9. The fourth-order valence-corrected chi connectivity index (χ4v) is 4.85. The molecule has 2 aromatic rings. The molecule has 1 saturated carbocycles. The van der Waals surface area contributed by atoms with Crippen molar-refractivity contribution in [2.45, 2.75) is 44.7 Å². The van der Waals surface area contributed by atoms with Gasteiger partial charge in [-0.2, -0.15) is 0 Å². The first-order valence-corrected chi connectivity index (χ1v) is 11.2. The SMILES string of the molecule is COc1cc(-c2cccc(Br)c2Cl)cc(F)c1CN(C)[C@H]1CC[C@H](CC(=O)O)CC1. The molecule has 0 heterocycles. The van der Waals surface area contributed by atoms with Crippen LogP contribution in [0, 0.1) is 11.7 Å². The molecule has 0 bridgehead atoms. The molecule has 7 heteroatoms. The van der Waals surface area contributed by atoms with Gasteiger partial charge in [-0.05, 0) is 78.3 Å². The molecule has 1 aliphatic carbocycles. The Labute approximate surface area is 190 Å². The highest BCUT2D eigenvalue weighted by Crippen LogP contribution is 2.38. The van der Waals surface area contributed by atoms with Crippen LogP contribution >= 0.6 is 27.5 Å². The summed E-state index contributed by atoms with van der Waals surface area (Å²) in [7, 11) is 3.53. The number of benzene rings is 2. The molecule has 2 aromatic carbocycles. The molecule has 0 saturated heterocycles. The highest BCUT2D eigenvalue weighted by Gasteiger charge is 2.26. The summed E-state index contributed by atoms with van der Waals surface area (Å²) < 4.78 is 21.4. The Bertz CT molecular complexity index is 916. The third kappa shape index (κ3) is 5.34. The first-order chi connectivity index (χ1) is 14.3. The second kappa shape index (κ2) is 10.1. The number of carboxylic acid groups (broad SMARTS) is 1. The van der Waals surface area contributed by atoms with Crippen molar-refractivity contribution in [3.63, 3.8) is 0 Å². The number of hydrogen-bond donors (Lipinski definition) is 1. The van der Waals surface area contributed by atoms with Gasteiger partial charge in [0.15, 0.2) is 0 Å². The molecular formula is C23H26BrClFNO3. The molecule has 30 heavy (non-hydrogen) atoms. The fraction of sp³-hybridized carbons (Fsp3) is 0.435. The van der Waals surface area contributed by atoms with Gasteiger partial charge in [0.25, 0.3) is 0 Å². The molecule has 1 aliphatic rings. The third-order valence-electron chi connectivity index (χ3n) is 5.95. The van der Waals surface area contributed by atoms with E-state index in [1.54, 1.807) is 7.11 Å². The lowest BCUT2D eigenvalue weighted by atomic mass is 9.83. The summed E-state index contributed by atoms with van der Waals surface area (Å²) in [6.07, 6.45) is 3.86. The summed E-state index contributed by atoms with van der Waals surface area (Å²) in [5.41, 5.74) is 1.92. The molecule has 0 unspecified atom stereocenters. The van der Waals surface area contributed by atoms with Gasteiger partial charge in [-0.1, -0.05) is 23.7 Å². The zero-order valence-electron chi connectivity index (χ0n) is 17.1. The van der Waals surface area contributed by atoms with E-state index in [2.05, 4.69) is 20.8 Å². The lowest BCUT2D eigenvalue weighted by Gasteiger charge is -2.34. The van der Waals surface area contributed by atoms with Crippen LogP contribution in [0.5, 0.6) is 5.75 Å². The Morgan fingerprint density at radius 2 is 2.00 bits per heavy atom. The summed E-state index contributed by atoms with van der Waals surface area (Å²) in [6, 6.07) is 9.18. The van der Waals surface area contributed by atoms with E-state index in [0.717, 1.165) is 35.7 Å². The molecule has 0 radical (unpaired) electrons. The lowest BCUT2D eigenvalue weighted by molar-refractivity contribution is -0.138. The van der Waals surface area contributed by atoms with Crippen LogP contribution in [0.25, 0.3) is 11.1 Å². The lowest BCUT2D eigenvalue weighted by Crippen LogP contribution is -2.35. The largest absolute Gasteiger partial charge is 0.496 e. The smallest absolute Gasteiger partial charge is 0.303 e. The average molecular weight is 499 g/mol. The maximum Gasteiger partial charge on any atom is 0.303 e. The van der Waals surface area contributed by atoms with Crippen LogP contribution in [0.15, 0.2) is 34.8 Å². The normalized spacial score (nSPS) is 19.1. The standard InChI is InChI=1S/C23H26BrClFNO3/c1-27(16-8-6-14(7-9-16)10-22(28)29)13-18-20(26)11-15(12-21(18)30-2)17-4-3-5-19(24)23(17)25/h3-5,11-12,14,16H,6-10,13H2,1-2H3,(H,28,29)/t14-,16-. The zero-order valence-corrected chi connectivity index (χ0v) is 19.5. The van der Waals surface area contributed by atoms with Crippen molar-refractivity contribution >= 4 is 33.5 Å². The van der Waals surface area contributed by atoms with Crippen molar-refractivity contribution in [3.05, 3.63) is 51.2 Å². The maximum atomic E-state index is 15.1. The van der Waals surface area contributed by atoms with Gasteiger partial charge in [0, 0.05) is 34.6 Å². The van der Waals surface area contributed by atoms with Gasteiger partial charge >= 0.3 is 5.97 Å². The highest BCUT2D eigenvalue weighted by molar-refractivity contribution is 9.10. The van der Waals surface area contributed by atoms with Crippen LogP contribution in [0.3, 0.4) is 0 Å². The monoisotopic (exact) mass is 497 g/mol. The summed E-state index contributed by atoms with van der Waals surface area (Å²) in [5, 5.41) is 9.51. The molecule has 162 valence electrons. The first-order valence-electron chi connectivity index (χ1n) is 10.0. The van der Waals surface area contributed by atoms with E-state index in [-0.39, 0.29) is 18.2 Å². The van der Waals surface area contributed by atoms with E-state index < -0.39 is 5.97 Å². The predicted octanol–water partition coefficient (Wildman–Crippen LogP) is 6.38. The van der Waals surface area contributed by atoms with Gasteiger partial charge in [0.05, 0.1) is 12.1 Å². The quantitative estimate of drug-likeness (QED) is 0.481. The van der Waals surface area contributed by atoms with Crippen molar-refractivity contribution in [1.29, 1.82) is 0 Å². The van der Waals surface area contributed by atoms with Gasteiger partial charge < -0.3 is 9.84 Å². The van der Waals surface area contributed by atoms with Gasteiger partial charge in [-0.25, -0.2) is 4.39 Å². The Balaban J connectivity index is 1.76.